The van der Waals surface area contributed by atoms with E-state index in [2.05, 4.69) is 10.3 Å². The van der Waals surface area contributed by atoms with Crippen molar-refractivity contribution in [3.05, 3.63) is 28.4 Å². The van der Waals surface area contributed by atoms with Crippen molar-refractivity contribution in [2.24, 2.45) is 0 Å². The largest absolute Gasteiger partial charge is 0.352 e. The smallest absolute Gasteiger partial charge is 0.311 e. The second kappa shape index (κ2) is 4.40. The Morgan fingerprint density at radius 1 is 1.56 bits per heavy atom. The van der Waals surface area contributed by atoms with Crippen LogP contribution in [-0.4, -0.2) is 39.7 Å². The van der Waals surface area contributed by atoms with E-state index in [1.165, 1.54) is 25.4 Å². The first-order valence-electron chi connectivity index (χ1n) is 5.17. The molecule has 8 nitrogen and oxygen atoms in total. The molecule has 1 saturated heterocycles. The number of hydrogen-bond acceptors (Lipinski definition) is 6. The van der Waals surface area contributed by atoms with Crippen molar-refractivity contribution in [3.63, 3.8) is 0 Å². The number of carbonyl (C=O) groups is 2. The molecule has 94 valence electrons. The number of nitrogens with zero attached hydrogens (tertiary/aromatic N) is 3. The molecule has 2 amide bonds. The predicted octanol–water partition coefficient (Wildman–Crippen LogP) is 0.159. The number of likely N-dealkylation sites (N-methyl/N-ethyl adjacent to an activating group) is 1. The van der Waals surface area contributed by atoms with Crippen molar-refractivity contribution in [1.29, 1.82) is 0 Å². The summed E-state index contributed by atoms with van der Waals surface area (Å²) in [6.45, 7) is 0. The summed E-state index contributed by atoms with van der Waals surface area (Å²) in [5.41, 5.74) is -0.229. The maximum atomic E-state index is 11.6. The van der Waals surface area contributed by atoms with Gasteiger partial charge in [0, 0.05) is 19.3 Å². The Hall–Kier alpha value is -2.51. The molecule has 2 rings (SSSR count). The minimum Gasteiger partial charge on any atom is -0.352 e. The SMILES string of the molecule is CN1C(=O)CC(Nc2ncccc2[N+](=O)[O-])C1=O. The van der Waals surface area contributed by atoms with Crippen molar-refractivity contribution in [1.82, 2.24) is 9.88 Å². The molecule has 1 aliphatic rings. The highest BCUT2D eigenvalue weighted by molar-refractivity contribution is 6.06. The number of pyridine rings is 1. The summed E-state index contributed by atoms with van der Waals surface area (Å²) in [4.78, 5) is 37.9. The van der Waals surface area contributed by atoms with E-state index >= 15 is 0 Å². The topological polar surface area (TPSA) is 105 Å². The fourth-order valence-corrected chi connectivity index (χ4v) is 1.69. The molecule has 8 heteroatoms. The van der Waals surface area contributed by atoms with Gasteiger partial charge in [0.05, 0.1) is 11.3 Å². The van der Waals surface area contributed by atoms with Crippen LogP contribution in [0.3, 0.4) is 0 Å². The van der Waals surface area contributed by atoms with Gasteiger partial charge in [-0.05, 0) is 6.07 Å². The van der Waals surface area contributed by atoms with E-state index < -0.39 is 16.9 Å². The van der Waals surface area contributed by atoms with Crippen LogP contribution < -0.4 is 5.32 Å². The third kappa shape index (κ3) is 1.99. The number of aromatic nitrogens is 1. The number of nitro groups is 1. The molecule has 1 unspecified atom stereocenters. The summed E-state index contributed by atoms with van der Waals surface area (Å²) in [7, 11) is 1.37. The zero-order valence-corrected chi connectivity index (χ0v) is 9.49. The highest BCUT2D eigenvalue weighted by Gasteiger charge is 2.37. The van der Waals surface area contributed by atoms with E-state index in [1.807, 2.05) is 0 Å². The van der Waals surface area contributed by atoms with Gasteiger partial charge in [0.15, 0.2) is 0 Å². The molecular formula is C10H10N4O4. The van der Waals surface area contributed by atoms with Crippen LogP contribution in [0.15, 0.2) is 18.3 Å². The average Bonchev–Trinajstić information content (AvgIpc) is 2.57. The van der Waals surface area contributed by atoms with E-state index in [0.717, 1.165) is 4.90 Å². The number of rotatable bonds is 3. The van der Waals surface area contributed by atoms with Crippen LogP contribution in [0.1, 0.15) is 6.42 Å². The van der Waals surface area contributed by atoms with Gasteiger partial charge in [0.1, 0.15) is 6.04 Å². The minimum absolute atomic E-state index is 0.0102. The van der Waals surface area contributed by atoms with Gasteiger partial charge in [-0.1, -0.05) is 0 Å². The minimum atomic E-state index is -0.795. The molecule has 0 aromatic carbocycles. The molecular weight excluding hydrogens is 240 g/mol. The fourth-order valence-electron chi connectivity index (χ4n) is 1.69. The Kier molecular flexibility index (Phi) is 2.92. The third-order valence-electron chi connectivity index (χ3n) is 2.68. The fraction of sp³-hybridized carbons (Fsp3) is 0.300. The van der Waals surface area contributed by atoms with Crippen LogP contribution in [-0.2, 0) is 9.59 Å². The lowest BCUT2D eigenvalue weighted by Gasteiger charge is -2.11. The molecule has 1 atom stereocenters. The Morgan fingerprint density at radius 2 is 2.28 bits per heavy atom. The van der Waals surface area contributed by atoms with Crippen molar-refractivity contribution in [2.75, 3.05) is 12.4 Å². The van der Waals surface area contributed by atoms with Gasteiger partial charge in [-0.25, -0.2) is 4.98 Å². The standard InChI is InChI=1S/C10H10N4O4/c1-13-8(15)5-6(10(13)16)12-9-7(14(17)18)3-2-4-11-9/h2-4,6H,5H2,1H3,(H,11,12). The lowest BCUT2D eigenvalue weighted by atomic mass is 10.2. The second-order valence-electron chi connectivity index (χ2n) is 3.82. The maximum absolute atomic E-state index is 11.6. The summed E-state index contributed by atoms with van der Waals surface area (Å²) >= 11 is 0. The first kappa shape index (κ1) is 12.0. The van der Waals surface area contributed by atoms with E-state index in [0.29, 0.717) is 0 Å². The Bertz CT molecular complexity index is 530. The number of hydrogen-bond donors (Lipinski definition) is 1. The van der Waals surface area contributed by atoms with Gasteiger partial charge >= 0.3 is 5.69 Å². The Labute approximate surface area is 102 Å². The van der Waals surface area contributed by atoms with Crippen molar-refractivity contribution in [2.45, 2.75) is 12.5 Å². The molecule has 18 heavy (non-hydrogen) atoms. The van der Waals surface area contributed by atoms with E-state index in [9.17, 15) is 19.7 Å². The normalized spacial score (nSPS) is 19.2. The summed E-state index contributed by atoms with van der Waals surface area (Å²) in [6.07, 6.45) is 1.35. The highest BCUT2D eigenvalue weighted by atomic mass is 16.6. The number of amides is 2. The zero-order valence-electron chi connectivity index (χ0n) is 9.49. The maximum Gasteiger partial charge on any atom is 0.311 e. The molecule has 0 bridgehead atoms. The van der Waals surface area contributed by atoms with Gasteiger partial charge in [-0.2, -0.15) is 0 Å². The number of likely N-dealkylation sites (tertiary alicyclic amines) is 1. The van der Waals surface area contributed by atoms with Gasteiger partial charge < -0.3 is 5.32 Å². The summed E-state index contributed by atoms with van der Waals surface area (Å²) in [5, 5.41) is 13.4. The van der Waals surface area contributed by atoms with Crippen molar-refractivity contribution >= 4 is 23.3 Å². The molecule has 1 aliphatic heterocycles. The number of nitrogens with one attached hydrogen (secondary N) is 1. The lowest BCUT2D eigenvalue weighted by Crippen LogP contribution is -2.32. The van der Waals surface area contributed by atoms with Crippen LogP contribution in [0, 0.1) is 10.1 Å². The van der Waals surface area contributed by atoms with E-state index in [-0.39, 0.29) is 23.8 Å². The van der Waals surface area contributed by atoms with Crippen LogP contribution in [0.2, 0.25) is 0 Å². The Morgan fingerprint density at radius 3 is 2.83 bits per heavy atom. The molecule has 1 N–H and O–H groups in total. The quantitative estimate of drug-likeness (QED) is 0.465. The molecule has 0 saturated carbocycles. The summed E-state index contributed by atoms with van der Waals surface area (Å²) in [6, 6.07) is 1.91. The first-order chi connectivity index (χ1) is 8.50. The van der Waals surface area contributed by atoms with Gasteiger partial charge in [0.25, 0.3) is 5.91 Å². The molecule has 0 aliphatic carbocycles. The predicted molar refractivity (Wildman–Crippen MR) is 60.7 cm³/mol. The average molecular weight is 250 g/mol. The van der Waals surface area contributed by atoms with Crippen LogP contribution in [0.5, 0.6) is 0 Å². The summed E-state index contributed by atoms with van der Waals surface area (Å²) in [5.74, 6) is -0.750. The molecule has 0 radical (unpaired) electrons. The zero-order chi connectivity index (χ0) is 13.3. The van der Waals surface area contributed by atoms with E-state index in [4.69, 9.17) is 0 Å². The molecule has 1 aromatic heterocycles. The molecule has 2 heterocycles. The van der Waals surface area contributed by atoms with Crippen molar-refractivity contribution in [3.8, 4) is 0 Å². The number of anilines is 1. The number of carbonyl (C=O) groups excluding carboxylic acids is 2. The van der Waals surface area contributed by atoms with Crippen LogP contribution >= 0.6 is 0 Å². The monoisotopic (exact) mass is 250 g/mol. The third-order valence-corrected chi connectivity index (χ3v) is 2.68. The summed E-state index contributed by atoms with van der Waals surface area (Å²) < 4.78 is 0. The first-order valence-corrected chi connectivity index (χ1v) is 5.17. The van der Waals surface area contributed by atoms with Crippen molar-refractivity contribution < 1.29 is 14.5 Å². The second-order valence-corrected chi connectivity index (χ2v) is 3.82. The van der Waals surface area contributed by atoms with Gasteiger partial charge in [-0.15, -0.1) is 0 Å². The van der Waals surface area contributed by atoms with Crippen LogP contribution in [0.25, 0.3) is 0 Å². The number of imide groups is 1. The van der Waals surface area contributed by atoms with Gasteiger partial charge in [0.2, 0.25) is 11.7 Å². The molecule has 1 fully saturated rings. The molecule has 0 spiro atoms. The highest BCUT2D eigenvalue weighted by Crippen LogP contribution is 2.23. The Balaban J connectivity index is 2.23. The lowest BCUT2D eigenvalue weighted by molar-refractivity contribution is -0.384. The van der Waals surface area contributed by atoms with E-state index in [1.54, 1.807) is 0 Å². The molecule has 1 aromatic rings. The van der Waals surface area contributed by atoms with Gasteiger partial charge in [-0.3, -0.25) is 24.6 Å². The van der Waals surface area contributed by atoms with Crippen LogP contribution in [0.4, 0.5) is 11.5 Å².